The van der Waals surface area contributed by atoms with Gasteiger partial charge in [-0.2, -0.15) is 0 Å². The zero-order valence-corrected chi connectivity index (χ0v) is 38.5. The van der Waals surface area contributed by atoms with Crippen LogP contribution in [0.5, 0.6) is 0 Å². The van der Waals surface area contributed by atoms with E-state index in [1.54, 1.807) is 13.8 Å². The quantitative estimate of drug-likeness (QED) is 0.0754. The van der Waals surface area contributed by atoms with Crippen molar-refractivity contribution in [1.82, 2.24) is 34.8 Å². The minimum absolute atomic E-state index is 0.0524. The van der Waals surface area contributed by atoms with E-state index in [1.165, 1.54) is 73.6 Å². The third-order valence-corrected chi connectivity index (χ3v) is 12.6. The van der Waals surface area contributed by atoms with Gasteiger partial charge in [0.25, 0.3) is 0 Å². The second kappa shape index (κ2) is 20.8. The highest BCUT2D eigenvalue weighted by Gasteiger charge is 2.28. The zero-order chi connectivity index (χ0) is 43.8. The van der Waals surface area contributed by atoms with Gasteiger partial charge >= 0.3 is 17.9 Å². The fourth-order valence-corrected chi connectivity index (χ4v) is 9.09. The molecule has 0 bridgehead atoms. The molecule has 2 fully saturated rings. The summed E-state index contributed by atoms with van der Waals surface area (Å²) in [5.41, 5.74) is 9.75. The van der Waals surface area contributed by atoms with Crippen molar-refractivity contribution in [2.45, 2.75) is 73.8 Å². The third-order valence-electron chi connectivity index (χ3n) is 9.74. The van der Waals surface area contributed by atoms with Gasteiger partial charge in [0.2, 0.25) is 15.4 Å². The van der Waals surface area contributed by atoms with E-state index in [9.17, 15) is 19.2 Å². The van der Waals surface area contributed by atoms with Crippen molar-refractivity contribution >= 4 is 101 Å². The Labute approximate surface area is 377 Å². The topological polar surface area (TPSA) is 206 Å². The summed E-state index contributed by atoms with van der Waals surface area (Å²) in [6, 6.07) is 24.0. The van der Waals surface area contributed by atoms with Crippen LogP contribution in [0.4, 0.5) is 0 Å². The first kappa shape index (κ1) is 45.7. The van der Waals surface area contributed by atoms with Crippen LogP contribution in [-0.2, 0) is 28.7 Å². The van der Waals surface area contributed by atoms with Crippen LogP contribution in [0, 0.1) is 0 Å². The van der Waals surface area contributed by atoms with Gasteiger partial charge in [0.15, 0.2) is 10.3 Å². The van der Waals surface area contributed by atoms with Gasteiger partial charge in [0, 0.05) is 10.8 Å². The van der Waals surface area contributed by atoms with Crippen LogP contribution >= 0.6 is 55.4 Å². The summed E-state index contributed by atoms with van der Waals surface area (Å²) in [6.45, 7) is 3.16. The first-order chi connectivity index (χ1) is 29.3. The number of nitrogens with zero attached hydrogens (tertiary/aromatic N) is 6. The van der Waals surface area contributed by atoms with Crippen molar-refractivity contribution < 1.29 is 33.8 Å². The number of amides is 1. The number of nitrogens with one attached hydrogen (secondary N) is 1. The Bertz CT molecular complexity index is 2560. The Hall–Kier alpha value is -4.82. The molecule has 0 aliphatic heterocycles. The van der Waals surface area contributed by atoms with Gasteiger partial charge in [-0.15, -0.1) is 20.4 Å². The minimum Gasteiger partial charge on any atom is -0.481 e. The van der Waals surface area contributed by atoms with E-state index in [0.29, 0.717) is 31.6 Å². The van der Waals surface area contributed by atoms with Crippen LogP contribution in [-0.4, -0.2) is 96.3 Å². The molecule has 6 aromatic rings. The Morgan fingerprint density at radius 2 is 1.13 bits per heavy atom. The number of methoxy groups -OCH3 is 2. The highest BCUT2D eigenvalue weighted by atomic mass is 79.9. The van der Waals surface area contributed by atoms with Gasteiger partial charge in [-0.1, -0.05) is 84.2 Å². The second-order valence-electron chi connectivity index (χ2n) is 14.3. The van der Waals surface area contributed by atoms with E-state index in [-0.39, 0.29) is 23.4 Å². The summed E-state index contributed by atoms with van der Waals surface area (Å²) in [6.07, 6.45) is 4.97. The maximum Gasteiger partial charge on any atom is 0.328 e. The standard InChI is InChI=1S/C21H21BrN4O3S.C17H14BrN3O2S.C4H9NO2/c1-12(19(28)29-2)23-18(27)11-30-21-25-24-20(22)26(21)17-10-9-14(13-7-8-13)15-5-3-4-6-16(15)17;18-16-19-20-17(24-9-15(22)23)21(16)14-8-7-11(10-5-6-10)12-3-1-2-4-13(12)14;1-3(5)4(6)7-2/h3-6,9-10,12-13H,7-8,11H2,1-2H3,(H,23,27);1-4,7-8,10H,5-6,9H2,(H,22,23);3H,5H2,1-2H3. The average molecular weight is 997 g/mol. The number of aromatic nitrogens is 6. The number of carboxylic acid groups (broad SMARTS) is 1. The van der Waals surface area contributed by atoms with Crippen LogP contribution < -0.4 is 11.1 Å². The first-order valence-electron chi connectivity index (χ1n) is 19.3. The molecule has 2 atom stereocenters. The zero-order valence-electron chi connectivity index (χ0n) is 33.7. The lowest BCUT2D eigenvalue weighted by Crippen LogP contribution is -2.40. The Morgan fingerprint density at radius 1 is 0.705 bits per heavy atom. The molecule has 2 heterocycles. The van der Waals surface area contributed by atoms with Crippen LogP contribution in [0.1, 0.15) is 62.5 Å². The molecule has 0 saturated heterocycles. The van der Waals surface area contributed by atoms with Crippen molar-refractivity contribution in [1.29, 1.82) is 0 Å². The van der Waals surface area contributed by atoms with Crippen molar-refractivity contribution in [3.63, 3.8) is 0 Å². The molecule has 2 aliphatic carbocycles. The number of fused-ring (bicyclic) bond motifs is 2. The Balaban J connectivity index is 0.000000180. The molecular formula is C42H44Br2N8O7S2. The Morgan fingerprint density at radius 3 is 1.51 bits per heavy atom. The minimum atomic E-state index is -0.875. The molecule has 4 N–H and O–H groups in total. The van der Waals surface area contributed by atoms with Gasteiger partial charge in [-0.25, -0.2) is 4.79 Å². The molecule has 0 spiro atoms. The van der Waals surface area contributed by atoms with E-state index in [0.717, 1.165) is 33.9 Å². The summed E-state index contributed by atoms with van der Waals surface area (Å²) >= 11 is 9.35. The number of rotatable bonds is 13. The second-order valence-corrected chi connectivity index (χ2v) is 17.6. The number of aliphatic carboxylic acids is 1. The monoisotopic (exact) mass is 994 g/mol. The molecular weight excluding hydrogens is 952 g/mol. The molecule has 2 saturated carbocycles. The maximum absolute atomic E-state index is 12.2. The van der Waals surface area contributed by atoms with Gasteiger partial charge in [-0.05, 0) is 117 Å². The van der Waals surface area contributed by atoms with Crippen molar-refractivity contribution in [3.8, 4) is 11.4 Å². The summed E-state index contributed by atoms with van der Waals surface area (Å²) in [5, 5.41) is 34.0. The number of thioether (sulfide) groups is 2. The number of carbonyl (C=O) groups is 4. The van der Waals surface area contributed by atoms with E-state index in [1.807, 2.05) is 21.3 Å². The number of carbonyl (C=O) groups excluding carboxylic acids is 3. The van der Waals surface area contributed by atoms with Crippen LogP contribution in [0.25, 0.3) is 32.9 Å². The molecule has 1 amide bonds. The lowest BCUT2D eigenvalue weighted by Gasteiger charge is -2.14. The van der Waals surface area contributed by atoms with Crippen LogP contribution in [0.3, 0.4) is 0 Å². The molecule has 320 valence electrons. The molecule has 61 heavy (non-hydrogen) atoms. The summed E-state index contributed by atoms with van der Waals surface area (Å²) < 4.78 is 13.8. The van der Waals surface area contributed by atoms with Crippen LogP contribution in [0.15, 0.2) is 92.6 Å². The largest absolute Gasteiger partial charge is 0.481 e. The normalized spacial score (nSPS) is 14.2. The van der Waals surface area contributed by atoms with Gasteiger partial charge in [0.1, 0.15) is 12.1 Å². The number of hydrogen-bond acceptors (Lipinski definition) is 13. The molecule has 2 aromatic heterocycles. The van der Waals surface area contributed by atoms with Crippen molar-refractivity contribution in [3.05, 3.63) is 93.4 Å². The number of carboxylic acids is 1. The fourth-order valence-electron chi connectivity index (χ4n) is 6.56. The Kier molecular flexibility index (Phi) is 15.6. The molecule has 2 unspecified atom stereocenters. The lowest BCUT2D eigenvalue weighted by atomic mass is 9.99. The number of ether oxygens (including phenoxy) is 2. The van der Waals surface area contributed by atoms with E-state index >= 15 is 0 Å². The smallest absolute Gasteiger partial charge is 0.328 e. The number of hydrogen-bond donors (Lipinski definition) is 3. The summed E-state index contributed by atoms with van der Waals surface area (Å²) in [5.74, 6) is -0.663. The molecule has 2 aliphatic rings. The maximum atomic E-state index is 12.2. The third kappa shape index (κ3) is 11.4. The fraction of sp³-hybridized carbons (Fsp3) is 0.333. The predicted molar refractivity (Wildman–Crippen MR) is 241 cm³/mol. The summed E-state index contributed by atoms with van der Waals surface area (Å²) in [4.78, 5) is 44.8. The number of halogens is 2. The molecule has 4 aromatic carbocycles. The van der Waals surface area contributed by atoms with Crippen LogP contribution in [0.2, 0.25) is 0 Å². The molecule has 0 radical (unpaired) electrons. The number of nitrogens with two attached hydrogens (primary N) is 1. The molecule has 15 nitrogen and oxygen atoms in total. The number of benzene rings is 4. The van der Waals surface area contributed by atoms with Crippen molar-refractivity contribution in [2.24, 2.45) is 5.73 Å². The molecule has 19 heteroatoms. The highest BCUT2D eigenvalue weighted by molar-refractivity contribution is 9.10. The van der Waals surface area contributed by atoms with Crippen molar-refractivity contribution in [2.75, 3.05) is 25.7 Å². The average Bonchev–Trinajstić information content (AvgIpc) is 4.21. The SMILES string of the molecule is COC(=O)C(C)N.COC(=O)C(C)NC(=O)CSc1nnc(Br)n1-c1ccc(C2CC2)c2ccccc12.O=C(O)CSc1nnc(Br)n1-c1ccc(C2CC2)c2ccccc12. The van der Waals surface area contributed by atoms with E-state index < -0.39 is 24.0 Å². The van der Waals surface area contributed by atoms with E-state index in [2.05, 4.69) is 128 Å². The highest BCUT2D eigenvalue weighted by Crippen LogP contribution is 2.45. The summed E-state index contributed by atoms with van der Waals surface area (Å²) in [7, 11) is 2.60. The van der Waals surface area contributed by atoms with Gasteiger partial charge in [-0.3, -0.25) is 23.5 Å². The molecule has 8 rings (SSSR count). The first-order valence-corrected chi connectivity index (χ1v) is 22.8. The lowest BCUT2D eigenvalue weighted by molar-refractivity contribution is -0.144. The predicted octanol–water partition coefficient (Wildman–Crippen LogP) is 7.57. The number of esters is 2. The van der Waals surface area contributed by atoms with E-state index in [4.69, 9.17) is 10.8 Å². The van der Waals surface area contributed by atoms with Gasteiger partial charge < -0.3 is 25.6 Å². The van der Waals surface area contributed by atoms with Gasteiger partial charge in [0.05, 0.1) is 37.1 Å².